The first-order valence-electron chi connectivity index (χ1n) is 4.98. The molecule has 0 aromatic carbocycles. The summed E-state index contributed by atoms with van der Waals surface area (Å²) in [5.74, 6) is 5.90. The van der Waals surface area contributed by atoms with Gasteiger partial charge in [0.05, 0.1) is 0 Å². The van der Waals surface area contributed by atoms with Crippen LogP contribution < -0.4 is 5.84 Å². The van der Waals surface area contributed by atoms with Crippen molar-refractivity contribution in [2.75, 3.05) is 5.84 Å². The maximum atomic E-state index is 5.90. The molecule has 0 bridgehead atoms. The van der Waals surface area contributed by atoms with Crippen LogP contribution in [-0.4, -0.2) is 9.66 Å². The van der Waals surface area contributed by atoms with Gasteiger partial charge in [-0.1, -0.05) is 25.6 Å². The van der Waals surface area contributed by atoms with Crippen molar-refractivity contribution in [3.8, 4) is 0 Å². The van der Waals surface area contributed by atoms with Gasteiger partial charge in [-0.2, -0.15) is 0 Å². The number of hydrogen-bond acceptors (Lipinski definition) is 3. The minimum absolute atomic E-state index is 0.683. The molecule has 2 rings (SSSR count). The van der Waals surface area contributed by atoms with Crippen molar-refractivity contribution in [3.05, 3.63) is 34.6 Å². The van der Waals surface area contributed by atoms with E-state index in [9.17, 15) is 0 Å². The van der Waals surface area contributed by atoms with Crippen LogP contribution in [0.2, 0.25) is 0 Å². The number of fused-ring (bicyclic) bond motifs is 1. The molecule has 0 radical (unpaired) electrons. The summed E-state index contributed by atoms with van der Waals surface area (Å²) in [6.45, 7) is 2.13. The highest BCUT2D eigenvalue weighted by Crippen LogP contribution is 2.15. The molecular weight excluding hydrogens is 206 g/mol. The Bertz CT molecular complexity index is 545. The van der Waals surface area contributed by atoms with Crippen molar-refractivity contribution in [1.82, 2.24) is 9.66 Å². The minimum Gasteiger partial charge on any atom is -0.336 e. The second-order valence-corrected chi connectivity index (χ2v) is 3.90. The van der Waals surface area contributed by atoms with Crippen LogP contribution in [-0.2, 0) is 6.42 Å². The van der Waals surface area contributed by atoms with Crippen LogP contribution in [0.25, 0.3) is 11.0 Å². The molecule has 0 aliphatic rings. The molecular formula is C11H13N3S. The highest BCUT2D eigenvalue weighted by molar-refractivity contribution is 7.71. The third-order valence-corrected chi connectivity index (χ3v) is 2.85. The van der Waals surface area contributed by atoms with Crippen molar-refractivity contribution in [1.29, 1.82) is 0 Å². The van der Waals surface area contributed by atoms with Gasteiger partial charge >= 0.3 is 0 Å². The van der Waals surface area contributed by atoms with Gasteiger partial charge in [0.15, 0.2) is 5.65 Å². The van der Waals surface area contributed by atoms with E-state index in [0.29, 0.717) is 4.64 Å². The number of nitrogens with two attached hydrogens (primary N) is 1. The fourth-order valence-corrected chi connectivity index (χ4v) is 1.92. The van der Waals surface area contributed by atoms with E-state index in [-0.39, 0.29) is 0 Å². The average Bonchev–Trinajstić information content (AvgIpc) is 2.26. The number of nitrogens with zero attached hydrogens (tertiary/aromatic N) is 2. The summed E-state index contributed by atoms with van der Waals surface area (Å²) < 4.78 is 2.18. The van der Waals surface area contributed by atoms with Gasteiger partial charge in [-0.15, -0.1) is 0 Å². The number of nitrogen functional groups attached to an aromatic ring is 1. The molecule has 4 heteroatoms. The number of aryl methyl sites for hydroxylation is 1. The van der Waals surface area contributed by atoms with Crippen LogP contribution in [0.5, 0.6) is 0 Å². The molecule has 2 aromatic rings. The van der Waals surface area contributed by atoms with Gasteiger partial charge < -0.3 is 5.84 Å². The van der Waals surface area contributed by atoms with E-state index in [0.717, 1.165) is 29.4 Å². The molecule has 2 N–H and O–H groups in total. The molecule has 0 unspecified atom stereocenters. The normalized spacial score (nSPS) is 10.7. The fraction of sp³-hybridized carbons (Fsp3) is 0.273. The summed E-state index contributed by atoms with van der Waals surface area (Å²) in [6, 6.07) is 5.98. The zero-order valence-electron chi connectivity index (χ0n) is 8.60. The first-order valence-corrected chi connectivity index (χ1v) is 5.39. The number of hydrogen-bond donors (Lipinski definition) is 1. The Kier molecular flexibility index (Phi) is 2.68. The van der Waals surface area contributed by atoms with E-state index in [4.69, 9.17) is 18.1 Å². The number of pyridine rings is 2. The lowest BCUT2D eigenvalue weighted by Crippen LogP contribution is -2.14. The Morgan fingerprint density at radius 3 is 3.07 bits per heavy atom. The van der Waals surface area contributed by atoms with Gasteiger partial charge in [0.2, 0.25) is 0 Å². The van der Waals surface area contributed by atoms with E-state index in [1.54, 1.807) is 6.20 Å². The van der Waals surface area contributed by atoms with Crippen LogP contribution in [0.4, 0.5) is 0 Å². The first kappa shape index (κ1) is 10.1. The molecule has 0 saturated carbocycles. The molecule has 3 nitrogen and oxygen atoms in total. The summed E-state index contributed by atoms with van der Waals surface area (Å²) in [4.78, 5) is 4.21. The molecule has 78 valence electrons. The largest absolute Gasteiger partial charge is 0.336 e. The van der Waals surface area contributed by atoms with Gasteiger partial charge in [-0.25, -0.2) is 9.66 Å². The second kappa shape index (κ2) is 3.98. The third-order valence-electron chi connectivity index (χ3n) is 2.39. The summed E-state index contributed by atoms with van der Waals surface area (Å²) in [5.41, 5.74) is 1.86. The summed E-state index contributed by atoms with van der Waals surface area (Å²) in [5, 5.41) is 1.04. The topological polar surface area (TPSA) is 43.8 Å². The molecule has 2 aromatic heterocycles. The van der Waals surface area contributed by atoms with Crippen LogP contribution in [0, 0.1) is 4.64 Å². The highest BCUT2D eigenvalue weighted by atomic mass is 32.1. The third kappa shape index (κ3) is 1.72. The Hall–Kier alpha value is -1.42. The molecule has 0 fully saturated rings. The zero-order chi connectivity index (χ0) is 10.8. The van der Waals surface area contributed by atoms with Crippen LogP contribution in [0.15, 0.2) is 24.4 Å². The van der Waals surface area contributed by atoms with Crippen molar-refractivity contribution in [2.24, 2.45) is 0 Å². The van der Waals surface area contributed by atoms with Crippen LogP contribution in [0.3, 0.4) is 0 Å². The van der Waals surface area contributed by atoms with E-state index >= 15 is 0 Å². The Morgan fingerprint density at radius 2 is 2.33 bits per heavy atom. The lowest BCUT2D eigenvalue weighted by molar-refractivity contribution is 0.883. The van der Waals surface area contributed by atoms with Crippen molar-refractivity contribution in [2.45, 2.75) is 19.8 Å². The zero-order valence-corrected chi connectivity index (χ0v) is 9.42. The van der Waals surface area contributed by atoms with Gasteiger partial charge in [-0.3, -0.25) is 0 Å². The molecule has 0 aliphatic heterocycles. The summed E-state index contributed by atoms with van der Waals surface area (Å²) >= 11 is 5.28. The first-order chi connectivity index (χ1) is 7.24. The molecule has 0 atom stereocenters. The summed E-state index contributed by atoms with van der Waals surface area (Å²) in [6.07, 6.45) is 3.75. The lowest BCUT2D eigenvalue weighted by Gasteiger charge is -2.08. The Balaban J connectivity index is 2.77. The van der Waals surface area contributed by atoms with Crippen molar-refractivity contribution < 1.29 is 0 Å². The van der Waals surface area contributed by atoms with Gasteiger partial charge in [-0.05, 0) is 30.2 Å². The van der Waals surface area contributed by atoms with Gasteiger partial charge in [0.1, 0.15) is 4.64 Å². The van der Waals surface area contributed by atoms with E-state index in [2.05, 4.69) is 18.0 Å². The SMILES string of the molecule is CCCc1cc2cccnc2n(N)c1=S. The molecule has 0 aliphatic carbocycles. The smallest absolute Gasteiger partial charge is 0.159 e. The van der Waals surface area contributed by atoms with Gasteiger partial charge in [0, 0.05) is 11.6 Å². The second-order valence-electron chi connectivity index (χ2n) is 3.51. The lowest BCUT2D eigenvalue weighted by atomic mass is 10.1. The van der Waals surface area contributed by atoms with E-state index in [1.807, 2.05) is 12.1 Å². The fourth-order valence-electron chi connectivity index (χ4n) is 1.67. The number of aromatic nitrogens is 2. The van der Waals surface area contributed by atoms with E-state index < -0.39 is 0 Å². The predicted octanol–water partition coefficient (Wildman–Crippen LogP) is 2.43. The maximum Gasteiger partial charge on any atom is 0.159 e. The molecule has 0 amide bonds. The monoisotopic (exact) mass is 219 g/mol. The minimum atomic E-state index is 0.683. The molecule has 2 heterocycles. The molecule has 15 heavy (non-hydrogen) atoms. The van der Waals surface area contributed by atoms with Crippen molar-refractivity contribution in [3.63, 3.8) is 0 Å². The summed E-state index contributed by atoms with van der Waals surface area (Å²) in [7, 11) is 0. The Labute approximate surface area is 93.5 Å². The maximum absolute atomic E-state index is 5.90. The van der Waals surface area contributed by atoms with Gasteiger partial charge in [0.25, 0.3) is 0 Å². The Morgan fingerprint density at radius 1 is 1.53 bits per heavy atom. The van der Waals surface area contributed by atoms with Crippen molar-refractivity contribution >= 4 is 23.3 Å². The molecule has 0 spiro atoms. The number of rotatable bonds is 2. The average molecular weight is 219 g/mol. The predicted molar refractivity (Wildman–Crippen MR) is 64.7 cm³/mol. The molecule has 0 saturated heterocycles. The van der Waals surface area contributed by atoms with E-state index in [1.165, 1.54) is 4.68 Å². The van der Waals surface area contributed by atoms with Crippen LogP contribution >= 0.6 is 12.2 Å². The highest BCUT2D eigenvalue weighted by Gasteiger charge is 2.03. The van der Waals surface area contributed by atoms with Crippen LogP contribution in [0.1, 0.15) is 18.9 Å². The quantitative estimate of drug-likeness (QED) is 0.623. The standard InChI is InChI=1S/C11H13N3S/c1-2-4-9-7-8-5-3-6-13-10(8)14(12)11(9)15/h3,5-7H,2,4,12H2,1H3.